The minimum atomic E-state index is -0.163. The van der Waals surface area contributed by atoms with Crippen LogP contribution in [0.4, 0.5) is 5.13 Å². The maximum Gasteiger partial charge on any atom is 0.275 e. The highest BCUT2D eigenvalue weighted by atomic mass is 32.2. The van der Waals surface area contributed by atoms with Gasteiger partial charge in [0.25, 0.3) is 5.91 Å². The lowest BCUT2D eigenvalue weighted by Crippen LogP contribution is -2.17. The van der Waals surface area contributed by atoms with Crippen molar-refractivity contribution < 1.29 is 4.79 Å². The summed E-state index contributed by atoms with van der Waals surface area (Å²) >= 11 is 3.36. The maximum absolute atomic E-state index is 12.6. The van der Waals surface area contributed by atoms with E-state index < -0.39 is 0 Å². The number of hydrogen-bond acceptors (Lipinski definition) is 5. The number of benzene rings is 1. The van der Waals surface area contributed by atoms with E-state index in [0.717, 1.165) is 22.7 Å². The van der Waals surface area contributed by atoms with Gasteiger partial charge in [0, 0.05) is 27.6 Å². The van der Waals surface area contributed by atoms with Gasteiger partial charge < -0.3 is 0 Å². The number of aromatic nitrogens is 3. The molecule has 7 heteroatoms. The molecule has 3 aromatic rings. The van der Waals surface area contributed by atoms with E-state index >= 15 is 0 Å². The molecular weight excluding hydrogens is 340 g/mol. The van der Waals surface area contributed by atoms with Crippen molar-refractivity contribution in [2.75, 3.05) is 5.32 Å². The maximum atomic E-state index is 12.6. The first-order valence-electron chi connectivity index (χ1n) is 7.73. The van der Waals surface area contributed by atoms with Crippen molar-refractivity contribution in [2.24, 2.45) is 0 Å². The first kappa shape index (κ1) is 15.4. The first-order chi connectivity index (χ1) is 11.7. The summed E-state index contributed by atoms with van der Waals surface area (Å²) in [6.45, 7) is 4.52. The molecule has 0 saturated carbocycles. The van der Waals surface area contributed by atoms with Gasteiger partial charge in [0.2, 0.25) is 0 Å². The molecule has 24 heavy (non-hydrogen) atoms. The average molecular weight is 356 g/mol. The summed E-state index contributed by atoms with van der Waals surface area (Å²) in [5.74, 6) is 0.732. The second-order valence-corrected chi connectivity index (χ2v) is 7.62. The molecule has 3 heterocycles. The van der Waals surface area contributed by atoms with E-state index in [4.69, 9.17) is 0 Å². The topological polar surface area (TPSA) is 59.8 Å². The Morgan fingerprint density at radius 3 is 3.04 bits per heavy atom. The van der Waals surface area contributed by atoms with Crippen LogP contribution in [0.25, 0.3) is 11.3 Å². The molecule has 1 amide bonds. The molecule has 0 unspecified atom stereocenters. The van der Waals surface area contributed by atoms with Crippen molar-refractivity contribution in [3.05, 3.63) is 46.6 Å². The molecule has 0 fully saturated rings. The van der Waals surface area contributed by atoms with E-state index in [1.165, 1.54) is 9.77 Å². The van der Waals surface area contributed by atoms with Crippen molar-refractivity contribution >= 4 is 34.1 Å². The number of aryl methyl sites for hydroxylation is 2. The van der Waals surface area contributed by atoms with Crippen LogP contribution in [0.5, 0.6) is 0 Å². The molecule has 122 valence electrons. The van der Waals surface area contributed by atoms with Gasteiger partial charge in [-0.1, -0.05) is 18.2 Å². The molecule has 0 aliphatic carbocycles. The predicted octanol–water partition coefficient (Wildman–Crippen LogP) is 4.19. The number of nitrogens with zero attached hydrogens (tertiary/aromatic N) is 3. The van der Waals surface area contributed by atoms with Crippen LogP contribution in [-0.4, -0.2) is 20.7 Å². The van der Waals surface area contributed by atoms with Crippen LogP contribution in [0.15, 0.2) is 35.2 Å². The quantitative estimate of drug-likeness (QED) is 0.764. The lowest BCUT2D eigenvalue weighted by molar-refractivity contribution is 0.101. The summed E-state index contributed by atoms with van der Waals surface area (Å²) < 4.78 is 1.71. The SMILES string of the molecule is CCn1nc(C)cc1C(=O)Nc1nc2c(s1)CSc1ccccc1-2. The van der Waals surface area contributed by atoms with E-state index in [0.29, 0.717) is 17.4 Å². The van der Waals surface area contributed by atoms with Crippen molar-refractivity contribution in [1.29, 1.82) is 0 Å². The van der Waals surface area contributed by atoms with Gasteiger partial charge in [0.15, 0.2) is 5.13 Å². The largest absolute Gasteiger partial charge is 0.296 e. The van der Waals surface area contributed by atoms with Gasteiger partial charge in [-0.15, -0.1) is 23.1 Å². The number of anilines is 1. The third-order valence-corrected chi connectivity index (χ3v) is 6.11. The number of fused-ring (bicyclic) bond motifs is 3. The number of thiazole rings is 1. The van der Waals surface area contributed by atoms with Crippen molar-refractivity contribution in [3.63, 3.8) is 0 Å². The molecule has 4 rings (SSSR count). The first-order valence-corrected chi connectivity index (χ1v) is 9.53. The Bertz CT molecular complexity index is 929. The van der Waals surface area contributed by atoms with E-state index in [1.54, 1.807) is 22.1 Å². The van der Waals surface area contributed by atoms with Crippen LogP contribution < -0.4 is 5.32 Å². The van der Waals surface area contributed by atoms with Gasteiger partial charge in [0.1, 0.15) is 5.69 Å². The molecule has 1 N–H and O–H groups in total. The van der Waals surface area contributed by atoms with Crippen LogP contribution in [0.2, 0.25) is 0 Å². The molecule has 5 nitrogen and oxygen atoms in total. The van der Waals surface area contributed by atoms with E-state index in [2.05, 4.69) is 27.5 Å². The Hall–Kier alpha value is -2.12. The Morgan fingerprint density at radius 2 is 2.21 bits per heavy atom. The predicted molar refractivity (Wildman–Crippen MR) is 97.7 cm³/mol. The zero-order valence-corrected chi connectivity index (χ0v) is 15.0. The van der Waals surface area contributed by atoms with E-state index in [-0.39, 0.29) is 5.91 Å². The number of nitrogens with one attached hydrogen (secondary N) is 1. The molecule has 2 aromatic heterocycles. The zero-order chi connectivity index (χ0) is 16.7. The van der Waals surface area contributed by atoms with Gasteiger partial charge in [-0.05, 0) is 26.0 Å². The van der Waals surface area contributed by atoms with Crippen molar-refractivity contribution in [1.82, 2.24) is 14.8 Å². The Kier molecular flexibility index (Phi) is 3.90. The molecule has 0 atom stereocenters. The average Bonchev–Trinajstić information content (AvgIpc) is 3.17. The molecule has 1 aromatic carbocycles. The van der Waals surface area contributed by atoms with Gasteiger partial charge in [-0.2, -0.15) is 5.10 Å². The summed E-state index contributed by atoms with van der Waals surface area (Å²) in [6.07, 6.45) is 0. The number of carbonyl (C=O) groups is 1. The van der Waals surface area contributed by atoms with Crippen LogP contribution in [0.1, 0.15) is 28.0 Å². The van der Waals surface area contributed by atoms with Gasteiger partial charge in [0.05, 0.1) is 11.4 Å². The standard InChI is InChI=1S/C17H16N4OS2/c1-3-21-12(8-10(2)20-21)16(22)19-17-18-15-11-6-4-5-7-13(11)23-9-14(15)24-17/h4-8H,3,9H2,1-2H3,(H,18,19,22). The lowest BCUT2D eigenvalue weighted by atomic mass is 10.1. The summed E-state index contributed by atoms with van der Waals surface area (Å²) in [5, 5.41) is 7.90. The van der Waals surface area contributed by atoms with Gasteiger partial charge >= 0.3 is 0 Å². The molecule has 1 aliphatic rings. The number of carbonyl (C=O) groups excluding carboxylic acids is 1. The normalized spacial score (nSPS) is 12.6. The summed E-state index contributed by atoms with van der Waals surface area (Å²) in [4.78, 5) is 19.7. The second kappa shape index (κ2) is 6.07. The number of thioether (sulfide) groups is 1. The monoisotopic (exact) mass is 356 g/mol. The molecule has 0 bridgehead atoms. The highest BCUT2D eigenvalue weighted by molar-refractivity contribution is 7.98. The van der Waals surface area contributed by atoms with E-state index in [1.807, 2.05) is 37.7 Å². The third kappa shape index (κ3) is 2.63. The second-order valence-electron chi connectivity index (χ2n) is 5.52. The van der Waals surface area contributed by atoms with Crippen LogP contribution in [0.3, 0.4) is 0 Å². The fourth-order valence-electron chi connectivity index (χ4n) is 2.78. The molecule has 1 aliphatic heterocycles. The third-order valence-electron chi connectivity index (χ3n) is 3.85. The fraction of sp³-hybridized carbons (Fsp3) is 0.235. The minimum absolute atomic E-state index is 0.163. The summed E-state index contributed by atoms with van der Waals surface area (Å²) in [5.41, 5.74) is 3.54. The van der Waals surface area contributed by atoms with E-state index in [9.17, 15) is 4.79 Å². The summed E-state index contributed by atoms with van der Waals surface area (Å²) in [6, 6.07) is 10.1. The minimum Gasteiger partial charge on any atom is -0.296 e. The van der Waals surface area contributed by atoms with Gasteiger partial charge in [-0.25, -0.2) is 4.98 Å². The van der Waals surface area contributed by atoms with Crippen molar-refractivity contribution in [2.45, 2.75) is 31.0 Å². The van der Waals surface area contributed by atoms with Crippen LogP contribution in [-0.2, 0) is 12.3 Å². The molecular formula is C17H16N4OS2. The number of amides is 1. The Labute approximate surface area is 148 Å². The number of rotatable bonds is 3. The van der Waals surface area contributed by atoms with Gasteiger partial charge in [-0.3, -0.25) is 14.8 Å². The fourth-order valence-corrected chi connectivity index (χ4v) is 4.87. The zero-order valence-electron chi connectivity index (χ0n) is 13.4. The molecule has 0 radical (unpaired) electrons. The van der Waals surface area contributed by atoms with Crippen molar-refractivity contribution in [3.8, 4) is 11.3 Å². The smallest absolute Gasteiger partial charge is 0.275 e. The highest BCUT2D eigenvalue weighted by Crippen LogP contribution is 2.44. The van der Waals surface area contributed by atoms with Crippen LogP contribution in [0, 0.1) is 6.92 Å². The number of hydrogen-bond donors (Lipinski definition) is 1. The lowest BCUT2D eigenvalue weighted by Gasteiger charge is -2.13. The van der Waals surface area contributed by atoms with Crippen LogP contribution >= 0.6 is 23.1 Å². The summed E-state index contributed by atoms with van der Waals surface area (Å²) in [7, 11) is 0. The molecule has 0 saturated heterocycles. The Balaban J connectivity index is 1.63. The Morgan fingerprint density at radius 1 is 1.38 bits per heavy atom. The molecule has 0 spiro atoms. The highest BCUT2D eigenvalue weighted by Gasteiger charge is 2.22.